The summed E-state index contributed by atoms with van der Waals surface area (Å²) in [6.07, 6.45) is -2.74. The SMILES string of the molecule is CC[C@@H]1C[C@@H]1C(=O)NSOC(C)(C)C(F)(F)F. The van der Waals surface area contributed by atoms with Gasteiger partial charge < -0.3 is 0 Å². The second kappa shape index (κ2) is 5.06. The minimum atomic E-state index is -4.46. The Balaban J connectivity index is 2.27. The van der Waals surface area contributed by atoms with E-state index < -0.39 is 11.8 Å². The maximum Gasteiger partial charge on any atom is 0.418 e. The lowest BCUT2D eigenvalue weighted by Gasteiger charge is -2.26. The van der Waals surface area contributed by atoms with Gasteiger partial charge in [0.05, 0.1) is 0 Å². The second-order valence-corrected chi connectivity index (χ2v) is 5.19. The Morgan fingerprint density at radius 2 is 2.06 bits per heavy atom. The number of halogens is 3. The highest BCUT2D eigenvalue weighted by atomic mass is 32.2. The largest absolute Gasteiger partial charge is 0.418 e. The zero-order chi connectivity index (χ0) is 13.3. The van der Waals surface area contributed by atoms with Crippen LogP contribution in [-0.2, 0) is 8.98 Å². The Morgan fingerprint density at radius 3 is 2.47 bits per heavy atom. The summed E-state index contributed by atoms with van der Waals surface area (Å²) < 4.78 is 44.0. The van der Waals surface area contributed by atoms with Crippen LogP contribution in [0, 0.1) is 11.8 Å². The normalized spacial score (nSPS) is 24.6. The van der Waals surface area contributed by atoms with E-state index in [1.165, 1.54) is 0 Å². The molecule has 1 N–H and O–H groups in total. The second-order valence-electron chi connectivity index (χ2n) is 4.65. The van der Waals surface area contributed by atoms with Crippen LogP contribution in [0.3, 0.4) is 0 Å². The third kappa shape index (κ3) is 3.77. The molecule has 0 aliphatic heterocycles. The molecule has 0 heterocycles. The standard InChI is InChI=1S/C10H16F3NO2S/c1-4-6-5-7(6)8(15)14-17-16-9(2,3)10(11,12)13/h6-7H,4-5H2,1-3H3,(H,14,15)/t6-,7+/m1/s1. The summed E-state index contributed by atoms with van der Waals surface area (Å²) in [6.45, 7) is 3.81. The molecule has 100 valence electrons. The molecule has 1 saturated carbocycles. The first-order chi connectivity index (χ1) is 7.69. The molecule has 0 aromatic heterocycles. The lowest BCUT2D eigenvalue weighted by molar-refractivity contribution is -0.230. The van der Waals surface area contributed by atoms with E-state index in [2.05, 4.69) is 8.91 Å². The third-order valence-corrected chi connectivity index (χ3v) is 3.64. The molecule has 1 fully saturated rings. The van der Waals surface area contributed by atoms with Gasteiger partial charge in [-0.2, -0.15) is 13.2 Å². The van der Waals surface area contributed by atoms with Gasteiger partial charge in [-0.25, -0.2) is 0 Å². The fraction of sp³-hybridized carbons (Fsp3) is 0.900. The van der Waals surface area contributed by atoms with E-state index in [0.29, 0.717) is 18.1 Å². The third-order valence-electron chi connectivity index (χ3n) is 2.86. The summed E-state index contributed by atoms with van der Waals surface area (Å²) in [7, 11) is 0. The predicted molar refractivity (Wildman–Crippen MR) is 58.8 cm³/mol. The van der Waals surface area contributed by atoms with E-state index in [1.807, 2.05) is 6.92 Å². The monoisotopic (exact) mass is 271 g/mol. The Kier molecular flexibility index (Phi) is 4.35. The van der Waals surface area contributed by atoms with E-state index in [0.717, 1.165) is 26.7 Å². The molecule has 0 aromatic carbocycles. The molecule has 1 rings (SSSR count). The molecule has 0 aromatic rings. The molecule has 0 saturated heterocycles. The van der Waals surface area contributed by atoms with Gasteiger partial charge in [0.1, 0.15) is 12.2 Å². The first-order valence-corrected chi connectivity index (χ1v) is 6.14. The topological polar surface area (TPSA) is 38.3 Å². The van der Waals surface area contributed by atoms with Crippen molar-refractivity contribution in [2.75, 3.05) is 0 Å². The Hall–Kier alpha value is -0.430. The highest BCUT2D eigenvalue weighted by molar-refractivity contribution is 7.93. The molecular weight excluding hydrogens is 255 g/mol. The minimum absolute atomic E-state index is 0.0647. The van der Waals surface area contributed by atoms with E-state index in [1.54, 1.807) is 0 Å². The van der Waals surface area contributed by atoms with Crippen molar-refractivity contribution in [1.29, 1.82) is 0 Å². The van der Waals surface area contributed by atoms with Crippen molar-refractivity contribution in [2.45, 2.75) is 45.4 Å². The van der Waals surface area contributed by atoms with Crippen LogP contribution < -0.4 is 4.72 Å². The zero-order valence-electron chi connectivity index (χ0n) is 9.93. The predicted octanol–water partition coefficient (Wildman–Crippen LogP) is 3.07. The number of rotatable bonds is 5. The van der Waals surface area contributed by atoms with E-state index in [4.69, 9.17) is 0 Å². The molecule has 1 amide bonds. The van der Waals surface area contributed by atoms with Crippen LogP contribution in [0.25, 0.3) is 0 Å². The van der Waals surface area contributed by atoms with Gasteiger partial charge >= 0.3 is 6.18 Å². The number of alkyl halides is 3. The van der Waals surface area contributed by atoms with Crippen molar-refractivity contribution in [3.8, 4) is 0 Å². The average Bonchev–Trinajstić information content (AvgIpc) is 2.94. The summed E-state index contributed by atoms with van der Waals surface area (Å²) in [6, 6.07) is 0. The van der Waals surface area contributed by atoms with Crippen LogP contribution in [0.4, 0.5) is 13.2 Å². The zero-order valence-corrected chi connectivity index (χ0v) is 10.7. The fourth-order valence-corrected chi connectivity index (χ4v) is 1.89. The summed E-state index contributed by atoms with van der Waals surface area (Å²) >= 11 is 0.356. The van der Waals surface area contributed by atoms with Crippen molar-refractivity contribution in [3.63, 3.8) is 0 Å². The van der Waals surface area contributed by atoms with E-state index in [9.17, 15) is 18.0 Å². The number of hydrogen-bond donors (Lipinski definition) is 1. The lowest BCUT2D eigenvalue weighted by atomic mass is 10.1. The molecule has 0 radical (unpaired) electrons. The molecule has 17 heavy (non-hydrogen) atoms. The maximum atomic E-state index is 12.4. The fourth-order valence-electron chi connectivity index (χ4n) is 1.31. The van der Waals surface area contributed by atoms with E-state index in [-0.39, 0.29) is 11.8 Å². The summed E-state index contributed by atoms with van der Waals surface area (Å²) in [5.74, 6) is 0.0520. The van der Waals surface area contributed by atoms with Crippen LogP contribution in [0.5, 0.6) is 0 Å². The van der Waals surface area contributed by atoms with Crippen LogP contribution in [0.1, 0.15) is 33.6 Å². The number of hydrogen-bond acceptors (Lipinski definition) is 3. The lowest BCUT2D eigenvalue weighted by Crippen LogP contribution is -2.41. The first kappa shape index (κ1) is 14.6. The Labute approximate surface area is 103 Å². The minimum Gasteiger partial charge on any atom is -0.281 e. The maximum absolute atomic E-state index is 12.4. The van der Waals surface area contributed by atoms with Crippen molar-refractivity contribution < 1.29 is 22.1 Å². The Bertz CT molecular complexity index is 294. The van der Waals surface area contributed by atoms with Gasteiger partial charge in [-0.05, 0) is 26.2 Å². The smallest absolute Gasteiger partial charge is 0.281 e. The van der Waals surface area contributed by atoms with Gasteiger partial charge in [0, 0.05) is 5.92 Å². The number of amides is 1. The summed E-state index contributed by atoms with van der Waals surface area (Å²) in [5, 5.41) is 0. The van der Waals surface area contributed by atoms with Gasteiger partial charge in [0.15, 0.2) is 5.60 Å². The molecule has 0 bridgehead atoms. The number of carbonyl (C=O) groups is 1. The quantitative estimate of drug-likeness (QED) is 0.617. The van der Waals surface area contributed by atoms with Crippen LogP contribution in [0.15, 0.2) is 0 Å². The number of carbonyl (C=O) groups excluding carboxylic acids is 1. The van der Waals surface area contributed by atoms with Gasteiger partial charge in [0.25, 0.3) is 0 Å². The van der Waals surface area contributed by atoms with Gasteiger partial charge in [0.2, 0.25) is 5.91 Å². The van der Waals surface area contributed by atoms with Crippen molar-refractivity contribution in [2.24, 2.45) is 11.8 Å². The van der Waals surface area contributed by atoms with Crippen LogP contribution in [0.2, 0.25) is 0 Å². The Morgan fingerprint density at radius 1 is 1.47 bits per heavy atom. The van der Waals surface area contributed by atoms with E-state index >= 15 is 0 Å². The van der Waals surface area contributed by atoms with Gasteiger partial charge in [-0.3, -0.25) is 13.7 Å². The highest BCUT2D eigenvalue weighted by Gasteiger charge is 2.49. The van der Waals surface area contributed by atoms with Crippen molar-refractivity contribution in [3.05, 3.63) is 0 Å². The van der Waals surface area contributed by atoms with Crippen molar-refractivity contribution >= 4 is 18.1 Å². The molecule has 2 atom stereocenters. The average molecular weight is 271 g/mol. The van der Waals surface area contributed by atoms with Crippen LogP contribution in [-0.4, -0.2) is 17.7 Å². The summed E-state index contributed by atoms with van der Waals surface area (Å²) in [5.41, 5.74) is -2.28. The van der Waals surface area contributed by atoms with Gasteiger partial charge in [-0.1, -0.05) is 13.3 Å². The van der Waals surface area contributed by atoms with Crippen molar-refractivity contribution in [1.82, 2.24) is 4.72 Å². The highest BCUT2D eigenvalue weighted by Crippen LogP contribution is 2.41. The molecule has 1 aliphatic carbocycles. The molecule has 1 aliphatic rings. The molecule has 7 heteroatoms. The molecule has 3 nitrogen and oxygen atoms in total. The molecule has 0 unspecified atom stereocenters. The first-order valence-electron chi connectivity index (χ1n) is 5.40. The number of nitrogens with one attached hydrogen (secondary N) is 1. The molecule has 0 spiro atoms. The van der Waals surface area contributed by atoms with Crippen LogP contribution >= 0.6 is 12.2 Å². The van der Waals surface area contributed by atoms with Gasteiger partial charge in [-0.15, -0.1) is 0 Å². The summed E-state index contributed by atoms with van der Waals surface area (Å²) in [4.78, 5) is 11.4. The molecular formula is C10H16F3NO2S.